The zero-order valence-corrected chi connectivity index (χ0v) is 10.4. The first-order valence-corrected chi connectivity index (χ1v) is 6.20. The smallest absolute Gasteiger partial charge is 0.0465 e. The lowest BCUT2D eigenvalue weighted by molar-refractivity contribution is 0.115. The van der Waals surface area contributed by atoms with Crippen molar-refractivity contribution < 1.29 is 10.2 Å². The molecule has 0 fully saturated rings. The van der Waals surface area contributed by atoms with Gasteiger partial charge >= 0.3 is 0 Å². The second-order valence-corrected chi connectivity index (χ2v) is 5.01. The molecule has 1 aliphatic carbocycles. The second kappa shape index (κ2) is 6.87. The van der Waals surface area contributed by atoms with Crippen LogP contribution in [0.1, 0.15) is 39.5 Å². The van der Waals surface area contributed by atoms with Crippen molar-refractivity contribution in [1.29, 1.82) is 0 Å². The zero-order valence-electron chi connectivity index (χ0n) is 10.4. The summed E-state index contributed by atoms with van der Waals surface area (Å²) in [5, 5.41) is 18.5. The van der Waals surface area contributed by atoms with Crippen LogP contribution in [-0.2, 0) is 0 Å². The summed E-state index contributed by atoms with van der Waals surface area (Å²) >= 11 is 0. The van der Waals surface area contributed by atoms with E-state index >= 15 is 0 Å². The summed E-state index contributed by atoms with van der Waals surface area (Å²) in [5.74, 6) is 0.522. The van der Waals surface area contributed by atoms with Crippen LogP contribution in [0.15, 0.2) is 23.3 Å². The van der Waals surface area contributed by atoms with Gasteiger partial charge in [0.25, 0.3) is 0 Å². The molecule has 0 amide bonds. The molecule has 2 unspecified atom stereocenters. The van der Waals surface area contributed by atoms with Crippen LogP contribution in [0.4, 0.5) is 0 Å². The average molecular weight is 224 g/mol. The van der Waals surface area contributed by atoms with Gasteiger partial charge in [0.05, 0.1) is 0 Å². The first kappa shape index (κ1) is 13.5. The fraction of sp³-hybridized carbons (Fsp3) is 0.714. The molecule has 92 valence electrons. The maximum atomic E-state index is 9.27. The van der Waals surface area contributed by atoms with E-state index in [0.29, 0.717) is 0 Å². The van der Waals surface area contributed by atoms with E-state index in [1.165, 1.54) is 11.1 Å². The molecule has 0 saturated heterocycles. The third-order valence-corrected chi connectivity index (χ3v) is 3.39. The number of hydrogen-bond donors (Lipinski definition) is 2. The van der Waals surface area contributed by atoms with E-state index in [1.54, 1.807) is 0 Å². The third kappa shape index (κ3) is 4.11. The molecule has 0 bridgehead atoms. The number of allylic oxidation sites excluding steroid dienone is 4. The molecule has 0 aromatic rings. The third-order valence-electron chi connectivity index (χ3n) is 3.39. The highest BCUT2D eigenvalue weighted by Crippen LogP contribution is 2.31. The molecule has 0 aliphatic heterocycles. The molecule has 2 N–H and O–H groups in total. The van der Waals surface area contributed by atoms with Gasteiger partial charge in [0.1, 0.15) is 0 Å². The lowest BCUT2D eigenvalue weighted by atomic mass is 9.79. The van der Waals surface area contributed by atoms with Crippen molar-refractivity contribution >= 4 is 0 Å². The van der Waals surface area contributed by atoms with Crippen LogP contribution in [0.3, 0.4) is 0 Å². The molecule has 0 spiro atoms. The Hall–Kier alpha value is -0.600. The predicted molar refractivity (Wildman–Crippen MR) is 67.1 cm³/mol. The highest BCUT2D eigenvalue weighted by Gasteiger charge is 2.24. The van der Waals surface area contributed by atoms with Crippen LogP contribution in [-0.4, -0.2) is 23.4 Å². The minimum absolute atomic E-state index is 0.197. The standard InChI is InChI=1S/C14H24O2/c1-11(2)4-3-5-12-6-7-13(9-15)14(8-12)10-16/h4,6,13-16H,3,5,7-10H2,1-2H3. The van der Waals surface area contributed by atoms with Crippen molar-refractivity contribution in [3.8, 4) is 0 Å². The van der Waals surface area contributed by atoms with Crippen molar-refractivity contribution in [1.82, 2.24) is 0 Å². The van der Waals surface area contributed by atoms with Crippen LogP contribution in [0.2, 0.25) is 0 Å². The molecule has 2 nitrogen and oxygen atoms in total. The topological polar surface area (TPSA) is 40.5 Å². The van der Waals surface area contributed by atoms with E-state index in [-0.39, 0.29) is 25.0 Å². The first-order valence-electron chi connectivity index (χ1n) is 6.20. The van der Waals surface area contributed by atoms with E-state index in [1.807, 2.05) is 0 Å². The summed E-state index contributed by atoms with van der Waals surface area (Å²) in [6, 6.07) is 0. The van der Waals surface area contributed by atoms with Gasteiger partial charge in [-0.15, -0.1) is 0 Å². The van der Waals surface area contributed by atoms with Gasteiger partial charge in [0, 0.05) is 13.2 Å². The van der Waals surface area contributed by atoms with Gasteiger partial charge in [-0.25, -0.2) is 0 Å². The fourth-order valence-corrected chi connectivity index (χ4v) is 2.28. The Morgan fingerprint density at radius 3 is 2.56 bits per heavy atom. The molecular weight excluding hydrogens is 200 g/mol. The van der Waals surface area contributed by atoms with Gasteiger partial charge in [-0.1, -0.05) is 23.3 Å². The number of rotatable bonds is 5. The average Bonchev–Trinajstić information content (AvgIpc) is 2.28. The molecule has 0 heterocycles. The Morgan fingerprint density at radius 2 is 2.00 bits per heavy atom. The van der Waals surface area contributed by atoms with Crippen molar-refractivity contribution in [2.24, 2.45) is 11.8 Å². The molecule has 0 radical (unpaired) electrons. The van der Waals surface area contributed by atoms with E-state index in [9.17, 15) is 10.2 Å². The van der Waals surface area contributed by atoms with Gasteiger partial charge in [-0.2, -0.15) is 0 Å². The Bertz CT molecular complexity index is 262. The number of aliphatic hydroxyl groups is 2. The Labute approximate surface area is 98.7 Å². The molecule has 0 aromatic heterocycles. The summed E-state index contributed by atoms with van der Waals surface area (Å²) < 4.78 is 0. The quantitative estimate of drug-likeness (QED) is 0.705. The fourth-order valence-electron chi connectivity index (χ4n) is 2.28. The van der Waals surface area contributed by atoms with E-state index < -0.39 is 0 Å². The Morgan fingerprint density at radius 1 is 1.31 bits per heavy atom. The van der Waals surface area contributed by atoms with E-state index in [0.717, 1.165) is 25.7 Å². The second-order valence-electron chi connectivity index (χ2n) is 5.01. The normalized spacial score (nSPS) is 25.1. The molecule has 1 aliphatic rings. The van der Waals surface area contributed by atoms with Crippen LogP contribution >= 0.6 is 0 Å². The molecule has 0 aromatic carbocycles. The van der Waals surface area contributed by atoms with Crippen LogP contribution < -0.4 is 0 Å². The largest absolute Gasteiger partial charge is 0.396 e. The van der Waals surface area contributed by atoms with Gasteiger partial charge in [0.2, 0.25) is 0 Å². The van der Waals surface area contributed by atoms with Gasteiger partial charge in [-0.3, -0.25) is 0 Å². The molecule has 1 rings (SSSR count). The first-order chi connectivity index (χ1) is 7.67. The molecule has 2 atom stereocenters. The maximum Gasteiger partial charge on any atom is 0.0465 e. The van der Waals surface area contributed by atoms with Crippen molar-refractivity contribution in [3.63, 3.8) is 0 Å². The van der Waals surface area contributed by atoms with Crippen LogP contribution in [0.5, 0.6) is 0 Å². The van der Waals surface area contributed by atoms with Crippen LogP contribution in [0, 0.1) is 11.8 Å². The highest BCUT2D eigenvalue weighted by molar-refractivity contribution is 5.10. The SMILES string of the molecule is CC(C)=CCCC1=CCC(CO)C(CO)C1. The maximum absolute atomic E-state index is 9.27. The van der Waals surface area contributed by atoms with Crippen molar-refractivity contribution in [3.05, 3.63) is 23.3 Å². The Kier molecular flexibility index (Phi) is 5.78. The molecule has 2 heteroatoms. The molecular formula is C14H24O2. The number of hydrogen-bond acceptors (Lipinski definition) is 2. The van der Waals surface area contributed by atoms with Crippen molar-refractivity contribution in [2.75, 3.05) is 13.2 Å². The van der Waals surface area contributed by atoms with Gasteiger partial charge in [-0.05, 0) is 51.4 Å². The predicted octanol–water partition coefficient (Wildman–Crippen LogP) is 2.67. The molecule has 16 heavy (non-hydrogen) atoms. The summed E-state index contributed by atoms with van der Waals surface area (Å²) in [6.07, 6.45) is 8.58. The summed E-state index contributed by atoms with van der Waals surface area (Å²) in [6.45, 7) is 4.63. The summed E-state index contributed by atoms with van der Waals surface area (Å²) in [5.41, 5.74) is 2.81. The highest BCUT2D eigenvalue weighted by atomic mass is 16.3. The van der Waals surface area contributed by atoms with Gasteiger partial charge < -0.3 is 10.2 Å². The monoisotopic (exact) mass is 224 g/mol. The van der Waals surface area contributed by atoms with E-state index in [4.69, 9.17) is 0 Å². The molecule has 0 saturated carbocycles. The van der Waals surface area contributed by atoms with E-state index in [2.05, 4.69) is 26.0 Å². The number of aliphatic hydroxyl groups excluding tert-OH is 2. The van der Waals surface area contributed by atoms with Crippen molar-refractivity contribution in [2.45, 2.75) is 39.5 Å². The minimum Gasteiger partial charge on any atom is -0.396 e. The van der Waals surface area contributed by atoms with Gasteiger partial charge in [0.15, 0.2) is 0 Å². The summed E-state index contributed by atoms with van der Waals surface area (Å²) in [7, 11) is 0. The minimum atomic E-state index is 0.197. The lowest BCUT2D eigenvalue weighted by Crippen LogP contribution is -2.25. The van der Waals surface area contributed by atoms with Crippen LogP contribution in [0.25, 0.3) is 0 Å². The lowest BCUT2D eigenvalue weighted by Gasteiger charge is -2.28. The zero-order chi connectivity index (χ0) is 12.0. The summed E-state index contributed by atoms with van der Waals surface area (Å²) in [4.78, 5) is 0. The Balaban J connectivity index is 2.44.